The van der Waals surface area contributed by atoms with Crippen molar-refractivity contribution in [3.05, 3.63) is 12.2 Å². The molecule has 6 nitrogen and oxygen atoms in total. The third kappa shape index (κ3) is 4.60. The molecule has 0 atom stereocenters. The fourth-order valence-electron chi connectivity index (χ4n) is 8.06. The van der Waals surface area contributed by atoms with Gasteiger partial charge in [-0.1, -0.05) is 44.3 Å². The van der Waals surface area contributed by atoms with E-state index >= 15 is 0 Å². The molecule has 2 spiro atoms. The second-order valence-electron chi connectivity index (χ2n) is 12.2. The minimum atomic E-state index is -0.876. The molecule has 0 amide bonds. The molecule has 0 radical (unpaired) electrons. The molecular weight excluding hydrogens is 432 g/mol. The Hall–Kier alpha value is -0.950. The molecule has 4 bridgehead atoms. The second kappa shape index (κ2) is 9.84. The highest BCUT2D eigenvalue weighted by molar-refractivity contribution is 5.72. The first kappa shape index (κ1) is 23.4. The fourth-order valence-corrected chi connectivity index (χ4v) is 8.06. The van der Waals surface area contributed by atoms with Gasteiger partial charge >= 0.3 is 5.97 Å². The van der Waals surface area contributed by atoms with Gasteiger partial charge in [-0.3, -0.25) is 4.79 Å². The van der Waals surface area contributed by atoms with E-state index in [0.29, 0.717) is 44.1 Å². The maximum Gasteiger partial charge on any atom is 0.308 e. The lowest BCUT2D eigenvalue weighted by molar-refractivity contribution is -0.680. The Morgan fingerprint density at radius 2 is 1.44 bits per heavy atom. The van der Waals surface area contributed by atoms with E-state index in [1.807, 2.05) is 0 Å². The number of allylic oxidation sites excluding steroid dienone is 1. The van der Waals surface area contributed by atoms with Crippen LogP contribution >= 0.6 is 0 Å². The standard InChI is InChI=1S/C28H42O6/c29-26(30-14-6-2-5-9-20-7-3-1-4-8-20)23-10-12-27(13-11-23)31-33-28(34-32-27)24-16-21-15-22(18-24)19-25(28)17-21/h2,5,20-25H,1,3-4,6-19H2/b5-2+. The lowest BCUT2D eigenvalue weighted by Crippen LogP contribution is -2.64. The molecule has 34 heavy (non-hydrogen) atoms. The van der Waals surface area contributed by atoms with Crippen LogP contribution in [0, 0.1) is 35.5 Å². The van der Waals surface area contributed by atoms with Gasteiger partial charge in [0.05, 0.1) is 12.5 Å². The number of rotatable bonds is 6. The summed E-state index contributed by atoms with van der Waals surface area (Å²) in [5.74, 6) is 1.49. The van der Waals surface area contributed by atoms with Crippen LogP contribution in [-0.2, 0) is 29.1 Å². The van der Waals surface area contributed by atoms with Crippen molar-refractivity contribution in [2.75, 3.05) is 6.61 Å². The highest BCUT2D eigenvalue weighted by atomic mass is 17.4. The average molecular weight is 475 g/mol. The lowest BCUT2D eigenvalue weighted by Gasteiger charge is -2.60. The van der Waals surface area contributed by atoms with E-state index in [1.165, 1.54) is 44.9 Å². The number of ether oxygens (including phenoxy) is 1. The Kier molecular flexibility index (Phi) is 6.78. The molecule has 7 rings (SSSR count). The Labute approximate surface area is 203 Å². The zero-order valence-corrected chi connectivity index (χ0v) is 20.6. The van der Waals surface area contributed by atoms with Crippen molar-refractivity contribution >= 4 is 5.97 Å². The minimum absolute atomic E-state index is 0.0920. The van der Waals surface area contributed by atoms with Gasteiger partial charge in [-0.05, 0) is 75.5 Å². The van der Waals surface area contributed by atoms with Gasteiger partial charge in [0.1, 0.15) is 0 Å². The van der Waals surface area contributed by atoms with Crippen molar-refractivity contribution < 1.29 is 29.1 Å². The van der Waals surface area contributed by atoms with E-state index in [0.717, 1.165) is 49.9 Å². The minimum Gasteiger partial charge on any atom is -0.465 e. The molecule has 6 aliphatic carbocycles. The molecule has 0 aromatic carbocycles. The lowest BCUT2D eigenvalue weighted by atomic mass is 9.53. The average Bonchev–Trinajstić information content (AvgIpc) is 2.86. The van der Waals surface area contributed by atoms with Crippen molar-refractivity contribution in [1.82, 2.24) is 0 Å². The number of esters is 1. The van der Waals surface area contributed by atoms with Crippen molar-refractivity contribution in [3.63, 3.8) is 0 Å². The SMILES string of the molecule is O=C(OCC/C=C/CC1CCCCC1)C1CCC2(CC1)OOC1(OO2)C2CC3CC(C2)CC1C3. The molecular formula is C28H42O6. The quantitative estimate of drug-likeness (QED) is 0.192. The van der Waals surface area contributed by atoms with Crippen LogP contribution in [0.15, 0.2) is 12.2 Å². The summed E-state index contributed by atoms with van der Waals surface area (Å²) in [6.07, 6.45) is 21.9. The smallest absolute Gasteiger partial charge is 0.308 e. The second-order valence-corrected chi connectivity index (χ2v) is 12.2. The molecule has 0 N–H and O–H groups in total. The van der Waals surface area contributed by atoms with Crippen LogP contribution in [0.5, 0.6) is 0 Å². The van der Waals surface area contributed by atoms with Crippen LogP contribution in [-0.4, -0.2) is 24.2 Å². The molecule has 190 valence electrons. The highest BCUT2D eigenvalue weighted by Gasteiger charge is 2.64. The zero-order chi connectivity index (χ0) is 23.0. The Balaban J connectivity index is 0.913. The molecule has 7 aliphatic rings. The van der Waals surface area contributed by atoms with Crippen molar-refractivity contribution in [2.24, 2.45) is 35.5 Å². The highest BCUT2D eigenvalue weighted by Crippen LogP contribution is 2.61. The molecule has 1 aliphatic heterocycles. The third-order valence-electron chi connectivity index (χ3n) is 9.89. The van der Waals surface area contributed by atoms with Crippen LogP contribution in [0.2, 0.25) is 0 Å². The van der Waals surface area contributed by atoms with Crippen LogP contribution in [0.4, 0.5) is 0 Å². The summed E-state index contributed by atoms with van der Waals surface area (Å²) in [7, 11) is 0. The van der Waals surface area contributed by atoms with Crippen molar-refractivity contribution in [1.29, 1.82) is 0 Å². The van der Waals surface area contributed by atoms with Gasteiger partial charge in [0.15, 0.2) is 0 Å². The first-order valence-electron chi connectivity index (χ1n) is 14.2. The van der Waals surface area contributed by atoms with Gasteiger partial charge in [0, 0.05) is 24.7 Å². The molecule has 1 heterocycles. The summed E-state index contributed by atoms with van der Waals surface area (Å²) in [5.41, 5.74) is 0. The molecule has 1 saturated heterocycles. The maximum atomic E-state index is 12.6. The zero-order valence-electron chi connectivity index (χ0n) is 20.6. The largest absolute Gasteiger partial charge is 0.465 e. The predicted octanol–water partition coefficient (Wildman–Crippen LogP) is 6.40. The van der Waals surface area contributed by atoms with Crippen molar-refractivity contribution in [2.45, 2.75) is 114 Å². The molecule has 7 fully saturated rings. The third-order valence-corrected chi connectivity index (χ3v) is 9.89. The maximum absolute atomic E-state index is 12.6. The first-order chi connectivity index (χ1) is 16.6. The fraction of sp³-hybridized carbons (Fsp3) is 0.893. The van der Waals surface area contributed by atoms with E-state index in [2.05, 4.69) is 12.2 Å². The predicted molar refractivity (Wildman–Crippen MR) is 125 cm³/mol. The topological polar surface area (TPSA) is 63.2 Å². The molecule has 0 aromatic rings. The van der Waals surface area contributed by atoms with Crippen LogP contribution < -0.4 is 0 Å². The summed E-state index contributed by atoms with van der Waals surface area (Å²) >= 11 is 0. The molecule has 0 aromatic heterocycles. The number of hydrogen-bond donors (Lipinski definition) is 0. The monoisotopic (exact) mass is 474 g/mol. The summed E-state index contributed by atoms with van der Waals surface area (Å²) in [6.45, 7) is 0.466. The van der Waals surface area contributed by atoms with E-state index in [1.54, 1.807) is 0 Å². The number of carbonyl (C=O) groups is 1. The first-order valence-corrected chi connectivity index (χ1v) is 14.2. The van der Waals surface area contributed by atoms with E-state index in [4.69, 9.17) is 24.3 Å². The summed E-state index contributed by atoms with van der Waals surface area (Å²) in [4.78, 5) is 36.7. The molecule has 0 unspecified atom stereocenters. The molecule has 6 saturated carbocycles. The van der Waals surface area contributed by atoms with Crippen molar-refractivity contribution in [3.8, 4) is 0 Å². The Bertz CT molecular complexity index is 708. The van der Waals surface area contributed by atoms with Crippen LogP contribution in [0.1, 0.15) is 103 Å². The normalized spacial score (nSPS) is 44.3. The number of carbonyl (C=O) groups excluding carboxylic acids is 1. The summed E-state index contributed by atoms with van der Waals surface area (Å²) in [5, 5.41) is 0. The Morgan fingerprint density at radius 3 is 2.09 bits per heavy atom. The van der Waals surface area contributed by atoms with Gasteiger partial charge in [-0.25, -0.2) is 0 Å². The van der Waals surface area contributed by atoms with Gasteiger partial charge in [0.2, 0.25) is 11.6 Å². The van der Waals surface area contributed by atoms with Crippen LogP contribution in [0.3, 0.4) is 0 Å². The van der Waals surface area contributed by atoms with Gasteiger partial charge < -0.3 is 4.74 Å². The molecule has 6 heteroatoms. The van der Waals surface area contributed by atoms with Gasteiger partial charge in [-0.15, -0.1) is 0 Å². The number of hydrogen-bond acceptors (Lipinski definition) is 6. The van der Waals surface area contributed by atoms with Gasteiger partial charge in [0.25, 0.3) is 0 Å². The van der Waals surface area contributed by atoms with Crippen LogP contribution in [0.25, 0.3) is 0 Å². The van der Waals surface area contributed by atoms with E-state index in [9.17, 15) is 4.79 Å². The Morgan fingerprint density at radius 1 is 0.794 bits per heavy atom. The van der Waals surface area contributed by atoms with Gasteiger partial charge in [-0.2, -0.15) is 19.6 Å². The summed E-state index contributed by atoms with van der Waals surface area (Å²) < 4.78 is 5.57. The van der Waals surface area contributed by atoms with E-state index in [-0.39, 0.29) is 11.9 Å². The van der Waals surface area contributed by atoms with E-state index < -0.39 is 11.6 Å². The summed E-state index contributed by atoms with van der Waals surface area (Å²) in [6, 6.07) is 0.